The van der Waals surface area contributed by atoms with Crippen LogP contribution in [-0.2, 0) is 14.3 Å². The van der Waals surface area contributed by atoms with Crippen LogP contribution in [0.2, 0.25) is 0 Å². The molecule has 0 fully saturated rings. The number of carbonyl (C=O) groups is 3. The number of hydrogen-bond donors (Lipinski definition) is 3. The van der Waals surface area contributed by atoms with Crippen LogP contribution in [0, 0.1) is 0 Å². The van der Waals surface area contributed by atoms with Gasteiger partial charge in [0.1, 0.15) is 12.6 Å². The number of aliphatic carboxylic acids is 1. The van der Waals surface area contributed by atoms with Crippen LogP contribution in [0.15, 0.2) is 48.5 Å². The Kier molecular flexibility index (Phi) is 6.91. The molecule has 0 bridgehead atoms. The van der Waals surface area contributed by atoms with Gasteiger partial charge in [-0.15, -0.1) is 0 Å². The molecule has 3 N–H and O–H groups in total. The Balaban J connectivity index is 1.69. The van der Waals surface area contributed by atoms with E-state index in [4.69, 9.17) is 9.84 Å². The zero-order chi connectivity index (χ0) is 22.5. The summed E-state index contributed by atoms with van der Waals surface area (Å²) in [7, 11) is 1.44. The number of aliphatic hydroxyl groups is 1. The van der Waals surface area contributed by atoms with E-state index in [2.05, 4.69) is 5.32 Å². The number of alkyl carbamates (subject to hydrolysis) is 1. The first-order valence-corrected chi connectivity index (χ1v) is 10.0. The fraction of sp³-hybridized carbons (Fsp3) is 0.348. The van der Waals surface area contributed by atoms with Crippen LogP contribution in [-0.4, -0.2) is 65.4 Å². The normalized spacial score (nSPS) is 14.2. The van der Waals surface area contributed by atoms with Crippen molar-refractivity contribution in [1.82, 2.24) is 10.2 Å². The van der Waals surface area contributed by atoms with E-state index in [1.54, 1.807) is 6.92 Å². The van der Waals surface area contributed by atoms with Crippen molar-refractivity contribution in [2.45, 2.75) is 31.3 Å². The van der Waals surface area contributed by atoms with E-state index in [0.29, 0.717) is 0 Å². The van der Waals surface area contributed by atoms with Crippen LogP contribution in [0.1, 0.15) is 30.4 Å². The summed E-state index contributed by atoms with van der Waals surface area (Å²) < 4.78 is 5.41. The summed E-state index contributed by atoms with van der Waals surface area (Å²) in [6.45, 7) is 1.38. The molecule has 2 aromatic carbocycles. The average molecular weight is 426 g/mol. The number of ether oxygens (including phenoxy) is 1. The molecule has 8 nitrogen and oxygen atoms in total. The van der Waals surface area contributed by atoms with Gasteiger partial charge in [0, 0.05) is 13.0 Å². The Morgan fingerprint density at radius 3 is 2.13 bits per heavy atom. The maximum absolute atomic E-state index is 12.6. The monoisotopic (exact) mass is 426 g/mol. The van der Waals surface area contributed by atoms with Crippen LogP contribution in [0.25, 0.3) is 11.1 Å². The van der Waals surface area contributed by atoms with Gasteiger partial charge in [0.2, 0.25) is 5.91 Å². The van der Waals surface area contributed by atoms with Crippen molar-refractivity contribution in [2.24, 2.45) is 0 Å². The van der Waals surface area contributed by atoms with E-state index in [1.165, 1.54) is 11.9 Å². The minimum atomic E-state index is -1.30. The van der Waals surface area contributed by atoms with Crippen molar-refractivity contribution >= 4 is 18.0 Å². The molecule has 2 atom stereocenters. The van der Waals surface area contributed by atoms with E-state index < -0.39 is 36.5 Å². The van der Waals surface area contributed by atoms with Crippen molar-refractivity contribution in [3.05, 3.63) is 59.7 Å². The molecule has 0 aromatic heterocycles. The van der Waals surface area contributed by atoms with Crippen LogP contribution in [0.5, 0.6) is 0 Å². The molecular formula is C23H26N2O6. The van der Waals surface area contributed by atoms with Crippen molar-refractivity contribution in [3.63, 3.8) is 0 Å². The highest BCUT2D eigenvalue weighted by Gasteiger charge is 2.31. The summed E-state index contributed by atoms with van der Waals surface area (Å²) in [6, 6.07) is 14.0. The number of hydrogen-bond acceptors (Lipinski definition) is 5. The lowest BCUT2D eigenvalue weighted by Crippen LogP contribution is -2.51. The first kappa shape index (κ1) is 22.3. The van der Waals surface area contributed by atoms with Crippen molar-refractivity contribution in [2.75, 3.05) is 20.3 Å². The van der Waals surface area contributed by atoms with E-state index in [9.17, 15) is 19.5 Å². The van der Waals surface area contributed by atoms with Gasteiger partial charge in [0.25, 0.3) is 0 Å². The summed E-state index contributed by atoms with van der Waals surface area (Å²) in [5.74, 6) is -2.00. The first-order valence-electron chi connectivity index (χ1n) is 10.0. The van der Waals surface area contributed by atoms with Gasteiger partial charge in [-0.05, 0) is 29.2 Å². The van der Waals surface area contributed by atoms with E-state index in [0.717, 1.165) is 22.3 Å². The third-order valence-corrected chi connectivity index (χ3v) is 5.59. The lowest BCUT2D eigenvalue weighted by molar-refractivity contribution is -0.143. The number of aliphatic hydroxyl groups excluding tert-OH is 1. The summed E-state index contributed by atoms with van der Waals surface area (Å²) in [5, 5.41) is 20.7. The summed E-state index contributed by atoms with van der Waals surface area (Å²) in [4.78, 5) is 37.4. The number of nitrogens with one attached hydrogen (secondary N) is 1. The molecule has 0 spiro atoms. The number of carbonyl (C=O) groups excluding carboxylic acids is 2. The van der Waals surface area contributed by atoms with Gasteiger partial charge in [-0.3, -0.25) is 9.59 Å². The molecule has 0 aliphatic heterocycles. The Hall–Kier alpha value is -3.39. The van der Waals surface area contributed by atoms with Gasteiger partial charge >= 0.3 is 12.1 Å². The zero-order valence-electron chi connectivity index (χ0n) is 17.4. The Labute approximate surface area is 180 Å². The molecule has 1 aliphatic rings. The number of benzene rings is 2. The second kappa shape index (κ2) is 9.61. The highest BCUT2D eigenvalue weighted by molar-refractivity contribution is 5.89. The summed E-state index contributed by atoms with van der Waals surface area (Å²) >= 11 is 0. The van der Waals surface area contributed by atoms with Gasteiger partial charge in [-0.2, -0.15) is 0 Å². The molecule has 8 heteroatoms. The summed E-state index contributed by atoms with van der Waals surface area (Å²) in [5.41, 5.74) is 4.27. The minimum absolute atomic E-state index is 0.0523. The predicted molar refractivity (Wildman–Crippen MR) is 114 cm³/mol. The minimum Gasteiger partial charge on any atom is -0.481 e. The lowest BCUT2D eigenvalue weighted by Gasteiger charge is -2.27. The average Bonchev–Trinajstić information content (AvgIpc) is 3.09. The lowest BCUT2D eigenvalue weighted by atomic mass is 9.98. The number of carboxylic acid groups (broad SMARTS) is 1. The maximum Gasteiger partial charge on any atom is 0.407 e. The van der Waals surface area contributed by atoms with Crippen molar-refractivity contribution in [3.8, 4) is 11.1 Å². The van der Waals surface area contributed by atoms with E-state index in [-0.39, 0.29) is 19.1 Å². The number of nitrogens with zero attached hydrogens (tertiary/aromatic N) is 1. The summed E-state index contributed by atoms with van der Waals surface area (Å²) in [6.07, 6.45) is -1.46. The van der Waals surface area contributed by atoms with E-state index >= 15 is 0 Å². The zero-order valence-corrected chi connectivity index (χ0v) is 17.4. The predicted octanol–water partition coefficient (Wildman–Crippen LogP) is 2.21. The second-order valence-electron chi connectivity index (χ2n) is 7.60. The third-order valence-electron chi connectivity index (χ3n) is 5.59. The van der Waals surface area contributed by atoms with Crippen LogP contribution in [0.3, 0.4) is 0 Å². The smallest absolute Gasteiger partial charge is 0.407 e. The van der Waals surface area contributed by atoms with Gasteiger partial charge < -0.3 is 25.2 Å². The molecule has 31 heavy (non-hydrogen) atoms. The second-order valence-corrected chi connectivity index (χ2v) is 7.60. The quantitative estimate of drug-likeness (QED) is 0.596. The molecule has 164 valence electrons. The SMILES string of the molecule is CC(CO)N(C)C(=O)C(CC(=O)O)NC(=O)OCC1c2ccccc2-c2ccccc21. The van der Waals surface area contributed by atoms with Crippen LogP contribution < -0.4 is 5.32 Å². The molecule has 0 saturated heterocycles. The molecule has 2 amide bonds. The number of carboxylic acids is 1. The van der Waals surface area contributed by atoms with Crippen molar-refractivity contribution < 1.29 is 29.3 Å². The van der Waals surface area contributed by atoms with Gasteiger partial charge in [0.15, 0.2) is 0 Å². The molecule has 2 unspecified atom stereocenters. The highest BCUT2D eigenvalue weighted by atomic mass is 16.5. The van der Waals surface area contributed by atoms with Crippen LogP contribution in [0.4, 0.5) is 4.79 Å². The molecule has 1 aliphatic carbocycles. The van der Waals surface area contributed by atoms with Gasteiger partial charge in [0.05, 0.1) is 19.1 Å². The topological polar surface area (TPSA) is 116 Å². The molecule has 3 rings (SSSR count). The maximum atomic E-state index is 12.6. The third kappa shape index (κ3) is 4.86. The van der Waals surface area contributed by atoms with Crippen molar-refractivity contribution in [1.29, 1.82) is 0 Å². The molecule has 0 heterocycles. The first-order chi connectivity index (χ1) is 14.8. The molecule has 2 aromatic rings. The molecule has 0 saturated carbocycles. The Morgan fingerprint density at radius 1 is 1.06 bits per heavy atom. The van der Waals surface area contributed by atoms with E-state index in [1.807, 2.05) is 48.5 Å². The number of amides is 2. The Morgan fingerprint density at radius 2 is 1.61 bits per heavy atom. The largest absolute Gasteiger partial charge is 0.481 e. The van der Waals surface area contributed by atoms with Gasteiger partial charge in [-0.25, -0.2) is 4.79 Å². The molecule has 0 radical (unpaired) electrons. The number of rotatable bonds is 8. The Bertz CT molecular complexity index is 931. The van der Waals surface area contributed by atoms with Gasteiger partial charge in [-0.1, -0.05) is 48.5 Å². The standard InChI is InChI=1S/C23H26N2O6/c1-14(12-26)25(2)22(29)20(11-21(27)28)24-23(30)31-13-19-17-9-5-3-7-15(17)16-8-4-6-10-18(16)19/h3-10,14,19-20,26H,11-13H2,1-2H3,(H,24,30)(H,27,28). The van der Waals surface area contributed by atoms with Crippen LogP contribution >= 0.6 is 0 Å². The highest BCUT2D eigenvalue weighted by Crippen LogP contribution is 2.44. The molecular weight excluding hydrogens is 400 g/mol. The number of fused-ring (bicyclic) bond motifs is 3. The number of likely N-dealkylation sites (N-methyl/N-ethyl adjacent to an activating group) is 1. The fourth-order valence-electron chi connectivity index (χ4n) is 3.74. The fourth-order valence-corrected chi connectivity index (χ4v) is 3.74.